The van der Waals surface area contributed by atoms with Gasteiger partial charge in [-0.3, -0.25) is 4.79 Å². The fraction of sp³-hybridized carbons (Fsp3) is 0.435. The molecule has 2 aromatic carbocycles. The molecule has 3 rings (SSSR count). The summed E-state index contributed by atoms with van der Waals surface area (Å²) in [6.45, 7) is 4.28. The first kappa shape index (κ1) is 21.7. The second-order valence-electron chi connectivity index (χ2n) is 7.55. The predicted octanol–water partition coefficient (Wildman–Crippen LogP) is 4.34. The van der Waals surface area contributed by atoms with Crippen LogP contribution in [0.4, 0.5) is 5.69 Å². The smallest absolute Gasteiger partial charge is 0.242 e. The SMILES string of the molecule is CSN(C)CC(=O)N(Cc1ccc(C2CCOCC2)cc1)c1ccc(C)c(O)c1. The second kappa shape index (κ2) is 10.1. The predicted molar refractivity (Wildman–Crippen MR) is 119 cm³/mol. The molecule has 0 radical (unpaired) electrons. The maximum absolute atomic E-state index is 13.0. The van der Waals surface area contributed by atoms with Crippen LogP contribution < -0.4 is 4.90 Å². The van der Waals surface area contributed by atoms with Crippen molar-refractivity contribution in [1.82, 2.24) is 4.31 Å². The zero-order valence-corrected chi connectivity index (χ0v) is 18.2. The van der Waals surface area contributed by atoms with Gasteiger partial charge in [-0.15, -0.1) is 0 Å². The summed E-state index contributed by atoms with van der Waals surface area (Å²) in [4.78, 5) is 14.7. The first-order valence-electron chi connectivity index (χ1n) is 9.99. The lowest BCUT2D eigenvalue weighted by Crippen LogP contribution is -2.36. The molecule has 29 heavy (non-hydrogen) atoms. The van der Waals surface area contributed by atoms with E-state index in [9.17, 15) is 9.90 Å². The standard InChI is InChI=1S/C23H30N2O3S/c1-17-4-9-21(14-22(17)26)25(23(27)16-24(2)29-3)15-18-5-7-19(8-6-18)20-10-12-28-13-11-20/h4-9,14,20,26H,10-13,15-16H2,1-3H3. The Labute approximate surface area is 177 Å². The molecule has 5 nitrogen and oxygen atoms in total. The van der Waals surface area contributed by atoms with E-state index in [2.05, 4.69) is 24.3 Å². The van der Waals surface area contributed by atoms with Crippen molar-refractivity contribution in [2.24, 2.45) is 0 Å². The number of likely N-dealkylation sites (N-methyl/N-ethyl adjacent to an activating group) is 1. The van der Waals surface area contributed by atoms with E-state index in [-0.39, 0.29) is 11.7 Å². The number of benzene rings is 2. The summed E-state index contributed by atoms with van der Waals surface area (Å²) in [5.74, 6) is 0.756. The summed E-state index contributed by atoms with van der Waals surface area (Å²) in [6.07, 6.45) is 4.07. The zero-order chi connectivity index (χ0) is 20.8. The molecule has 1 heterocycles. The maximum Gasteiger partial charge on any atom is 0.242 e. The van der Waals surface area contributed by atoms with Crippen LogP contribution in [0.15, 0.2) is 42.5 Å². The fourth-order valence-electron chi connectivity index (χ4n) is 3.54. The average molecular weight is 415 g/mol. The van der Waals surface area contributed by atoms with Gasteiger partial charge in [0.05, 0.1) is 13.1 Å². The van der Waals surface area contributed by atoms with Gasteiger partial charge >= 0.3 is 0 Å². The van der Waals surface area contributed by atoms with Crippen molar-refractivity contribution in [3.05, 3.63) is 59.2 Å². The molecule has 1 N–H and O–H groups in total. The molecule has 6 heteroatoms. The molecule has 0 saturated carbocycles. The van der Waals surface area contributed by atoms with E-state index in [4.69, 9.17) is 4.74 Å². The minimum absolute atomic E-state index is 0.00129. The Balaban J connectivity index is 1.80. The molecular weight excluding hydrogens is 384 g/mol. The number of aryl methyl sites for hydroxylation is 1. The Morgan fingerprint density at radius 2 is 1.86 bits per heavy atom. The van der Waals surface area contributed by atoms with E-state index in [0.717, 1.165) is 37.2 Å². The first-order valence-corrected chi connectivity index (χ1v) is 11.2. The van der Waals surface area contributed by atoms with Gasteiger partial charge in [0.2, 0.25) is 5.91 Å². The minimum atomic E-state index is -0.00129. The van der Waals surface area contributed by atoms with Gasteiger partial charge in [0.25, 0.3) is 0 Å². The van der Waals surface area contributed by atoms with Gasteiger partial charge in [-0.05, 0) is 61.7 Å². The van der Waals surface area contributed by atoms with Crippen molar-refractivity contribution in [1.29, 1.82) is 0 Å². The summed E-state index contributed by atoms with van der Waals surface area (Å²) in [6, 6.07) is 14.0. The monoisotopic (exact) mass is 414 g/mol. The van der Waals surface area contributed by atoms with Crippen LogP contribution in [0, 0.1) is 6.92 Å². The van der Waals surface area contributed by atoms with E-state index in [1.807, 2.05) is 36.7 Å². The Hall–Kier alpha value is -2.02. The van der Waals surface area contributed by atoms with Crippen molar-refractivity contribution in [2.45, 2.75) is 32.2 Å². The summed E-state index contributed by atoms with van der Waals surface area (Å²) < 4.78 is 7.36. The summed E-state index contributed by atoms with van der Waals surface area (Å²) in [5.41, 5.74) is 3.91. The first-order chi connectivity index (χ1) is 14.0. The van der Waals surface area contributed by atoms with Crippen LogP contribution in [0.25, 0.3) is 0 Å². The largest absolute Gasteiger partial charge is 0.508 e. The number of anilines is 1. The number of carbonyl (C=O) groups is 1. The highest BCUT2D eigenvalue weighted by atomic mass is 32.2. The van der Waals surface area contributed by atoms with Gasteiger partial charge in [0, 0.05) is 25.0 Å². The highest BCUT2D eigenvalue weighted by Crippen LogP contribution is 2.29. The fourth-order valence-corrected chi connectivity index (χ4v) is 3.78. The van der Waals surface area contributed by atoms with Crippen molar-refractivity contribution in [2.75, 3.05) is 38.0 Å². The Bertz CT molecular complexity index is 819. The van der Waals surface area contributed by atoms with Crippen molar-refractivity contribution in [3.63, 3.8) is 0 Å². The second-order valence-corrected chi connectivity index (χ2v) is 8.54. The molecule has 1 fully saturated rings. The molecule has 0 spiro atoms. The number of rotatable bonds is 7. The van der Waals surface area contributed by atoms with Gasteiger partial charge in [0.1, 0.15) is 5.75 Å². The molecule has 1 saturated heterocycles. The Kier molecular flexibility index (Phi) is 7.58. The summed E-state index contributed by atoms with van der Waals surface area (Å²) >= 11 is 1.52. The number of hydrogen-bond acceptors (Lipinski definition) is 5. The highest BCUT2D eigenvalue weighted by molar-refractivity contribution is 7.96. The lowest BCUT2D eigenvalue weighted by atomic mass is 9.91. The van der Waals surface area contributed by atoms with Crippen LogP contribution in [0.1, 0.15) is 35.4 Å². The van der Waals surface area contributed by atoms with E-state index >= 15 is 0 Å². The maximum atomic E-state index is 13.0. The quantitative estimate of drug-likeness (QED) is 0.683. The van der Waals surface area contributed by atoms with E-state index in [0.29, 0.717) is 24.7 Å². The van der Waals surface area contributed by atoms with Crippen LogP contribution >= 0.6 is 11.9 Å². The third kappa shape index (κ3) is 5.75. The number of carbonyl (C=O) groups excluding carboxylic acids is 1. The molecule has 0 aliphatic carbocycles. The number of hydrogen-bond donors (Lipinski definition) is 1. The van der Waals surface area contributed by atoms with Crippen LogP contribution in [-0.4, -0.2) is 48.4 Å². The molecular formula is C23H30N2O3S. The van der Waals surface area contributed by atoms with Crippen molar-refractivity contribution >= 4 is 23.5 Å². The Morgan fingerprint density at radius 1 is 1.17 bits per heavy atom. The molecule has 156 valence electrons. The van der Waals surface area contributed by atoms with Crippen LogP contribution in [0.2, 0.25) is 0 Å². The normalized spacial score (nSPS) is 14.9. The number of nitrogens with zero attached hydrogens (tertiary/aromatic N) is 2. The summed E-state index contributed by atoms with van der Waals surface area (Å²) in [7, 11) is 1.90. The minimum Gasteiger partial charge on any atom is -0.508 e. The molecule has 1 amide bonds. The van der Waals surface area contributed by atoms with Crippen molar-refractivity contribution in [3.8, 4) is 5.75 Å². The summed E-state index contributed by atoms with van der Waals surface area (Å²) in [5, 5.41) is 10.1. The molecule has 0 unspecified atom stereocenters. The van der Waals surface area contributed by atoms with Crippen molar-refractivity contribution < 1.29 is 14.6 Å². The topological polar surface area (TPSA) is 53.0 Å². The molecule has 0 atom stereocenters. The third-order valence-electron chi connectivity index (χ3n) is 5.49. The number of phenolic OH excluding ortho intramolecular Hbond substituents is 1. The van der Waals surface area contributed by atoms with E-state index < -0.39 is 0 Å². The number of phenols is 1. The lowest BCUT2D eigenvalue weighted by Gasteiger charge is -2.26. The van der Waals surface area contributed by atoms with E-state index in [1.54, 1.807) is 11.0 Å². The molecule has 1 aliphatic heterocycles. The van der Waals surface area contributed by atoms with Crippen LogP contribution in [-0.2, 0) is 16.1 Å². The molecule has 0 aromatic heterocycles. The van der Waals surface area contributed by atoms with Crippen LogP contribution in [0.5, 0.6) is 5.75 Å². The third-order valence-corrected chi connectivity index (χ3v) is 6.24. The van der Waals surface area contributed by atoms with Gasteiger partial charge in [-0.1, -0.05) is 42.3 Å². The van der Waals surface area contributed by atoms with Gasteiger partial charge in [-0.25, -0.2) is 4.31 Å². The number of ether oxygens (including phenoxy) is 1. The molecule has 1 aliphatic rings. The Morgan fingerprint density at radius 3 is 2.48 bits per heavy atom. The van der Waals surface area contributed by atoms with Gasteiger partial charge in [0.15, 0.2) is 0 Å². The van der Waals surface area contributed by atoms with Gasteiger partial charge < -0.3 is 14.7 Å². The number of aromatic hydroxyl groups is 1. The van der Waals surface area contributed by atoms with E-state index in [1.165, 1.54) is 17.5 Å². The molecule has 0 bridgehead atoms. The number of amides is 1. The van der Waals surface area contributed by atoms with Crippen LogP contribution in [0.3, 0.4) is 0 Å². The highest BCUT2D eigenvalue weighted by Gasteiger charge is 2.20. The zero-order valence-electron chi connectivity index (χ0n) is 17.4. The van der Waals surface area contributed by atoms with Gasteiger partial charge in [-0.2, -0.15) is 0 Å². The molecule has 2 aromatic rings. The lowest BCUT2D eigenvalue weighted by molar-refractivity contribution is -0.118. The average Bonchev–Trinajstić information content (AvgIpc) is 2.75.